The van der Waals surface area contributed by atoms with Crippen LogP contribution < -0.4 is 5.73 Å². The van der Waals surface area contributed by atoms with Gasteiger partial charge in [0.15, 0.2) is 6.29 Å². The standard InChI is InChI=1S/C8H5ClF3NO/c9-7-2-4(13)1-6(5(7)3-14)8(10,11)12/h1-3H,13H2. The summed E-state index contributed by atoms with van der Waals surface area (Å²) >= 11 is 5.43. The van der Waals surface area contributed by atoms with E-state index in [2.05, 4.69) is 0 Å². The van der Waals surface area contributed by atoms with Gasteiger partial charge < -0.3 is 5.73 Å². The fourth-order valence-corrected chi connectivity index (χ4v) is 1.27. The molecule has 0 spiro atoms. The van der Waals surface area contributed by atoms with Crippen LogP contribution in [0.3, 0.4) is 0 Å². The van der Waals surface area contributed by atoms with Crippen molar-refractivity contribution in [2.24, 2.45) is 0 Å². The molecule has 0 atom stereocenters. The van der Waals surface area contributed by atoms with Gasteiger partial charge in [0.2, 0.25) is 0 Å². The molecule has 0 radical (unpaired) electrons. The van der Waals surface area contributed by atoms with Crippen LogP contribution >= 0.6 is 11.6 Å². The van der Waals surface area contributed by atoms with Crippen molar-refractivity contribution in [3.63, 3.8) is 0 Å². The lowest BCUT2D eigenvalue weighted by atomic mass is 10.1. The normalized spacial score (nSPS) is 11.4. The van der Waals surface area contributed by atoms with Gasteiger partial charge in [0.1, 0.15) is 0 Å². The van der Waals surface area contributed by atoms with E-state index >= 15 is 0 Å². The number of aldehydes is 1. The maximum absolute atomic E-state index is 12.3. The number of carbonyl (C=O) groups is 1. The number of halogens is 4. The smallest absolute Gasteiger partial charge is 0.399 e. The van der Waals surface area contributed by atoms with Gasteiger partial charge in [0.25, 0.3) is 0 Å². The fourth-order valence-electron chi connectivity index (χ4n) is 0.993. The lowest BCUT2D eigenvalue weighted by molar-refractivity contribution is -0.137. The van der Waals surface area contributed by atoms with E-state index in [0.29, 0.717) is 6.07 Å². The molecule has 0 aliphatic heterocycles. The molecule has 0 saturated heterocycles. The Balaban J connectivity index is 3.48. The van der Waals surface area contributed by atoms with Crippen LogP contribution in [-0.2, 0) is 6.18 Å². The average Bonchev–Trinajstić information content (AvgIpc) is 2.01. The van der Waals surface area contributed by atoms with Gasteiger partial charge in [-0.2, -0.15) is 13.2 Å². The first-order valence-electron chi connectivity index (χ1n) is 3.47. The molecule has 2 nitrogen and oxygen atoms in total. The first-order chi connectivity index (χ1) is 6.36. The molecule has 0 unspecified atom stereocenters. The van der Waals surface area contributed by atoms with E-state index < -0.39 is 17.3 Å². The molecule has 0 aliphatic carbocycles. The Labute approximate surface area is 82.5 Å². The van der Waals surface area contributed by atoms with Crippen molar-refractivity contribution in [2.45, 2.75) is 6.18 Å². The number of nitrogen functional groups attached to an aromatic ring is 1. The van der Waals surface area contributed by atoms with Crippen molar-refractivity contribution < 1.29 is 18.0 Å². The van der Waals surface area contributed by atoms with E-state index in [9.17, 15) is 18.0 Å². The van der Waals surface area contributed by atoms with Crippen LogP contribution in [0.15, 0.2) is 12.1 Å². The topological polar surface area (TPSA) is 43.1 Å². The summed E-state index contributed by atoms with van der Waals surface area (Å²) in [5, 5.41) is -0.299. The molecule has 0 heterocycles. The van der Waals surface area contributed by atoms with Crippen molar-refractivity contribution in [3.05, 3.63) is 28.3 Å². The largest absolute Gasteiger partial charge is 0.417 e. The van der Waals surface area contributed by atoms with Crippen molar-refractivity contribution in [1.29, 1.82) is 0 Å². The second-order valence-electron chi connectivity index (χ2n) is 2.58. The van der Waals surface area contributed by atoms with E-state index in [0.717, 1.165) is 6.07 Å². The summed E-state index contributed by atoms with van der Waals surface area (Å²) in [5.41, 5.74) is 3.34. The van der Waals surface area contributed by atoms with Gasteiger partial charge in [-0.1, -0.05) is 11.6 Å². The van der Waals surface area contributed by atoms with E-state index in [4.69, 9.17) is 17.3 Å². The third-order valence-electron chi connectivity index (χ3n) is 1.58. The molecular formula is C8H5ClF3NO. The zero-order valence-electron chi connectivity index (χ0n) is 6.73. The molecule has 0 bridgehead atoms. The summed E-state index contributed by atoms with van der Waals surface area (Å²) in [6.45, 7) is 0. The summed E-state index contributed by atoms with van der Waals surface area (Å²) in [6.07, 6.45) is -4.57. The van der Waals surface area contributed by atoms with Crippen LogP contribution in [0.1, 0.15) is 15.9 Å². The number of alkyl halides is 3. The van der Waals surface area contributed by atoms with Crippen LogP contribution in [0, 0.1) is 0 Å². The van der Waals surface area contributed by atoms with Gasteiger partial charge >= 0.3 is 6.18 Å². The van der Waals surface area contributed by atoms with Gasteiger partial charge in [-0.05, 0) is 12.1 Å². The Hall–Kier alpha value is -1.23. The Kier molecular flexibility index (Phi) is 2.71. The van der Waals surface area contributed by atoms with Crippen molar-refractivity contribution in [3.8, 4) is 0 Å². The van der Waals surface area contributed by atoms with Gasteiger partial charge in [0.05, 0.1) is 10.6 Å². The molecule has 0 amide bonds. The number of rotatable bonds is 1. The first-order valence-corrected chi connectivity index (χ1v) is 3.85. The number of hydrogen-bond acceptors (Lipinski definition) is 2. The highest BCUT2D eigenvalue weighted by molar-refractivity contribution is 6.33. The number of nitrogens with two attached hydrogens (primary N) is 1. The molecule has 1 rings (SSSR count). The molecule has 6 heteroatoms. The van der Waals surface area contributed by atoms with Crippen molar-refractivity contribution in [1.82, 2.24) is 0 Å². The second-order valence-corrected chi connectivity index (χ2v) is 2.99. The number of benzene rings is 1. The lowest BCUT2D eigenvalue weighted by Crippen LogP contribution is -2.10. The zero-order valence-corrected chi connectivity index (χ0v) is 7.49. The highest BCUT2D eigenvalue weighted by Gasteiger charge is 2.34. The van der Waals surface area contributed by atoms with E-state index in [1.54, 1.807) is 0 Å². The third kappa shape index (κ3) is 1.98. The second kappa shape index (κ2) is 3.49. The maximum Gasteiger partial charge on any atom is 0.417 e. The summed E-state index contributed by atoms with van der Waals surface area (Å²) in [4.78, 5) is 10.4. The number of anilines is 1. The van der Waals surface area contributed by atoms with Crippen LogP contribution in [-0.4, -0.2) is 6.29 Å². The Morgan fingerprint density at radius 3 is 2.36 bits per heavy atom. The van der Waals surface area contributed by atoms with Gasteiger partial charge in [-0.3, -0.25) is 4.79 Å². The summed E-state index contributed by atoms with van der Waals surface area (Å²) in [6, 6.07) is 1.77. The van der Waals surface area contributed by atoms with E-state index in [1.807, 2.05) is 0 Å². The van der Waals surface area contributed by atoms with Gasteiger partial charge in [0, 0.05) is 11.3 Å². The first kappa shape index (κ1) is 10.8. The Morgan fingerprint density at radius 1 is 1.36 bits per heavy atom. The minimum Gasteiger partial charge on any atom is -0.399 e. The highest BCUT2D eigenvalue weighted by atomic mass is 35.5. The molecule has 2 N–H and O–H groups in total. The molecule has 14 heavy (non-hydrogen) atoms. The molecule has 1 aromatic rings. The van der Waals surface area contributed by atoms with Gasteiger partial charge in [-0.15, -0.1) is 0 Å². The summed E-state index contributed by atoms with van der Waals surface area (Å²) in [5.74, 6) is 0. The number of hydrogen-bond donors (Lipinski definition) is 1. The van der Waals surface area contributed by atoms with Gasteiger partial charge in [-0.25, -0.2) is 0 Å². The fraction of sp³-hybridized carbons (Fsp3) is 0.125. The SMILES string of the molecule is Nc1cc(Cl)c(C=O)c(C(F)(F)F)c1. The van der Waals surface area contributed by atoms with Crippen LogP contribution in [0.5, 0.6) is 0 Å². The lowest BCUT2D eigenvalue weighted by Gasteiger charge is -2.11. The predicted molar refractivity (Wildman–Crippen MR) is 46.3 cm³/mol. The quantitative estimate of drug-likeness (QED) is 0.588. The molecule has 0 aromatic heterocycles. The third-order valence-corrected chi connectivity index (χ3v) is 1.89. The van der Waals surface area contributed by atoms with Crippen molar-refractivity contribution in [2.75, 3.05) is 5.73 Å². The monoisotopic (exact) mass is 223 g/mol. The highest BCUT2D eigenvalue weighted by Crippen LogP contribution is 2.35. The van der Waals surface area contributed by atoms with Crippen LogP contribution in [0.25, 0.3) is 0 Å². The summed E-state index contributed by atoms with van der Waals surface area (Å²) < 4.78 is 37.0. The van der Waals surface area contributed by atoms with Crippen LogP contribution in [0.2, 0.25) is 5.02 Å². The molecular weight excluding hydrogens is 219 g/mol. The maximum atomic E-state index is 12.3. The minimum absolute atomic E-state index is 0.0601. The Bertz CT molecular complexity index is 376. The van der Waals surface area contributed by atoms with E-state index in [-0.39, 0.29) is 17.0 Å². The minimum atomic E-state index is -4.63. The van der Waals surface area contributed by atoms with Crippen LogP contribution in [0.4, 0.5) is 18.9 Å². The van der Waals surface area contributed by atoms with Crippen molar-refractivity contribution >= 4 is 23.6 Å². The molecule has 0 saturated carbocycles. The Morgan fingerprint density at radius 2 is 1.93 bits per heavy atom. The predicted octanol–water partition coefficient (Wildman–Crippen LogP) is 2.75. The molecule has 76 valence electrons. The molecule has 0 fully saturated rings. The zero-order chi connectivity index (χ0) is 10.9. The molecule has 0 aliphatic rings. The number of carbonyl (C=O) groups excluding carboxylic acids is 1. The molecule has 1 aromatic carbocycles. The average molecular weight is 224 g/mol. The van der Waals surface area contributed by atoms with E-state index in [1.165, 1.54) is 0 Å². The summed E-state index contributed by atoms with van der Waals surface area (Å²) in [7, 11) is 0.